The molecule has 0 amide bonds. The zero-order valence-electron chi connectivity index (χ0n) is 12.2. The molecule has 9 N–H and O–H groups in total. The van der Waals surface area contributed by atoms with Crippen LogP contribution < -0.4 is 0 Å². The van der Waals surface area contributed by atoms with Gasteiger partial charge in [0.1, 0.15) is 48.8 Å². The summed E-state index contributed by atoms with van der Waals surface area (Å²) >= 11 is 0. The third-order valence-corrected chi connectivity index (χ3v) is 3.62. The van der Waals surface area contributed by atoms with Crippen LogP contribution in [0.25, 0.3) is 0 Å². The molecule has 0 spiro atoms. The second kappa shape index (κ2) is 9.15. The van der Waals surface area contributed by atoms with Gasteiger partial charge in [-0.3, -0.25) is 0 Å². The normalized spacial score (nSPS) is 37.2. The van der Waals surface area contributed by atoms with Crippen LogP contribution in [-0.2, 0) is 9.47 Å². The zero-order valence-corrected chi connectivity index (χ0v) is 12.2. The highest BCUT2D eigenvalue weighted by molar-refractivity contribution is 4.91. The maximum Gasteiger partial charge on any atom is 0.187 e. The molecule has 1 rings (SSSR count). The predicted molar refractivity (Wildman–Crippen MR) is 70.8 cm³/mol. The Bertz CT molecular complexity index is 341. The van der Waals surface area contributed by atoms with Crippen molar-refractivity contribution in [2.24, 2.45) is 0 Å². The third-order valence-electron chi connectivity index (χ3n) is 3.62. The van der Waals surface area contributed by atoms with E-state index in [-0.39, 0.29) is 0 Å². The van der Waals surface area contributed by atoms with Gasteiger partial charge in [0.05, 0.1) is 19.8 Å². The van der Waals surface area contributed by atoms with Gasteiger partial charge in [-0.2, -0.15) is 0 Å². The monoisotopic (exact) mass is 344 g/mol. The number of hydrogen-bond donors (Lipinski definition) is 9. The molecule has 0 bridgehead atoms. The summed E-state index contributed by atoms with van der Waals surface area (Å²) in [6, 6.07) is 0. The van der Waals surface area contributed by atoms with Crippen molar-refractivity contribution in [1.82, 2.24) is 0 Å². The Kier molecular flexibility index (Phi) is 8.20. The number of aliphatic hydroxyl groups is 9. The molecule has 9 atom stereocenters. The van der Waals surface area contributed by atoms with Crippen LogP contribution in [0.2, 0.25) is 0 Å². The van der Waals surface area contributed by atoms with Crippen molar-refractivity contribution in [3.05, 3.63) is 0 Å². The van der Waals surface area contributed by atoms with Crippen molar-refractivity contribution in [1.29, 1.82) is 0 Å². The van der Waals surface area contributed by atoms with E-state index in [9.17, 15) is 30.6 Å². The van der Waals surface area contributed by atoms with Gasteiger partial charge in [-0.05, 0) is 0 Å². The summed E-state index contributed by atoms with van der Waals surface area (Å²) in [6.07, 6.45) is -15.1. The Morgan fingerprint density at radius 3 is 1.87 bits per heavy atom. The summed E-state index contributed by atoms with van der Waals surface area (Å²) in [5, 5.41) is 84.9. The van der Waals surface area contributed by atoms with Crippen molar-refractivity contribution < 1.29 is 55.4 Å². The number of ether oxygens (including phenoxy) is 2. The van der Waals surface area contributed by atoms with Crippen molar-refractivity contribution in [3.8, 4) is 0 Å². The maximum absolute atomic E-state index is 9.83. The van der Waals surface area contributed by atoms with Gasteiger partial charge in [0.25, 0.3) is 0 Å². The minimum Gasteiger partial charge on any atom is -0.394 e. The van der Waals surface area contributed by atoms with E-state index in [2.05, 4.69) is 0 Å². The Morgan fingerprint density at radius 1 is 0.826 bits per heavy atom. The largest absolute Gasteiger partial charge is 0.394 e. The van der Waals surface area contributed by atoms with Gasteiger partial charge < -0.3 is 55.4 Å². The van der Waals surface area contributed by atoms with E-state index in [1.165, 1.54) is 0 Å². The van der Waals surface area contributed by atoms with Crippen molar-refractivity contribution in [2.75, 3.05) is 19.8 Å². The van der Waals surface area contributed by atoms with Crippen LogP contribution in [0.1, 0.15) is 0 Å². The summed E-state index contributed by atoms with van der Waals surface area (Å²) in [5.74, 6) is 0. The molecule has 0 aromatic rings. The molecule has 138 valence electrons. The number of rotatable bonds is 8. The first-order chi connectivity index (χ1) is 10.8. The van der Waals surface area contributed by atoms with Gasteiger partial charge in [-0.1, -0.05) is 0 Å². The van der Waals surface area contributed by atoms with E-state index in [4.69, 9.17) is 24.8 Å². The molecule has 6 unspecified atom stereocenters. The van der Waals surface area contributed by atoms with Crippen LogP contribution in [0.15, 0.2) is 0 Å². The van der Waals surface area contributed by atoms with Crippen molar-refractivity contribution in [3.63, 3.8) is 0 Å². The van der Waals surface area contributed by atoms with E-state index >= 15 is 0 Å². The molecule has 1 aliphatic heterocycles. The molecule has 1 aliphatic rings. The third kappa shape index (κ3) is 4.78. The van der Waals surface area contributed by atoms with E-state index in [1.807, 2.05) is 0 Å². The quantitative estimate of drug-likeness (QED) is 0.203. The first-order valence-electron chi connectivity index (χ1n) is 7.00. The molecule has 0 aliphatic carbocycles. The summed E-state index contributed by atoms with van der Waals surface area (Å²) in [7, 11) is 0. The zero-order chi connectivity index (χ0) is 17.7. The highest BCUT2D eigenvalue weighted by Gasteiger charge is 2.46. The molecule has 1 saturated heterocycles. The summed E-state index contributed by atoms with van der Waals surface area (Å²) in [5.41, 5.74) is 0. The Morgan fingerprint density at radius 2 is 1.39 bits per heavy atom. The molecule has 0 radical (unpaired) electrons. The minimum absolute atomic E-state index is 0.708. The Labute approximate surface area is 131 Å². The van der Waals surface area contributed by atoms with E-state index in [0.717, 1.165) is 0 Å². The fourth-order valence-corrected chi connectivity index (χ4v) is 2.16. The molecule has 0 aromatic heterocycles. The fourth-order valence-electron chi connectivity index (χ4n) is 2.16. The number of hydrogen-bond acceptors (Lipinski definition) is 11. The Hall–Kier alpha value is -0.440. The van der Waals surface area contributed by atoms with E-state index < -0.39 is 74.9 Å². The SMILES string of the molecule is OCC(O)C(O)[C@H](O[C@@H]1OC(CO)[C@H](O)C(O)C1O)C(O)CO. The van der Waals surface area contributed by atoms with Gasteiger partial charge in [0, 0.05) is 0 Å². The lowest BCUT2D eigenvalue weighted by Gasteiger charge is -2.42. The van der Waals surface area contributed by atoms with Gasteiger partial charge in [-0.25, -0.2) is 0 Å². The second-order valence-electron chi connectivity index (χ2n) is 5.29. The molecule has 23 heavy (non-hydrogen) atoms. The predicted octanol–water partition coefficient (Wildman–Crippen LogP) is -5.76. The lowest BCUT2D eigenvalue weighted by atomic mass is 9.98. The topological polar surface area (TPSA) is 201 Å². The van der Waals surface area contributed by atoms with E-state index in [0.29, 0.717) is 0 Å². The molecule has 0 saturated carbocycles. The standard InChI is InChI=1S/C12H24O11/c13-1-4(16)7(18)11(5(17)2-14)23-12-10(21)9(20)8(19)6(3-15)22-12/h4-21H,1-3H2/t4?,5?,6?,7?,8-,9?,10?,11+,12-/m0/s1. The number of aliphatic hydroxyl groups excluding tert-OH is 9. The summed E-state index contributed by atoms with van der Waals surface area (Å²) in [6.45, 7) is -2.45. The smallest absolute Gasteiger partial charge is 0.187 e. The van der Waals surface area contributed by atoms with Crippen LogP contribution in [0.5, 0.6) is 0 Å². The second-order valence-corrected chi connectivity index (χ2v) is 5.29. The lowest BCUT2D eigenvalue weighted by molar-refractivity contribution is -0.327. The van der Waals surface area contributed by atoms with Crippen LogP contribution in [0, 0.1) is 0 Å². The minimum atomic E-state index is -1.85. The summed E-state index contributed by atoms with van der Waals surface area (Å²) in [4.78, 5) is 0. The van der Waals surface area contributed by atoms with Gasteiger partial charge in [0.15, 0.2) is 6.29 Å². The van der Waals surface area contributed by atoms with Gasteiger partial charge in [-0.15, -0.1) is 0 Å². The van der Waals surface area contributed by atoms with Gasteiger partial charge >= 0.3 is 0 Å². The molecule has 11 nitrogen and oxygen atoms in total. The summed E-state index contributed by atoms with van der Waals surface area (Å²) < 4.78 is 10.1. The molecular formula is C12H24O11. The highest BCUT2D eigenvalue weighted by Crippen LogP contribution is 2.24. The molecule has 1 fully saturated rings. The molecule has 0 aromatic carbocycles. The molecule has 11 heteroatoms. The molecule has 1 heterocycles. The average Bonchev–Trinajstić information content (AvgIpc) is 2.57. The fraction of sp³-hybridized carbons (Fsp3) is 1.00. The Balaban J connectivity index is 2.89. The first-order valence-corrected chi connectivity index (χ1v) is 7.00. The first kappa shape index (κ1) is 20.6. The van der Waals surface area contributed by atoms with Crippen LogP contribution >= 0.6 is 0 Å². The van der Waals surface area contributed by atoms with E-state index in [1.54, 1.807) is 0 Å². The van der Waals surface area contributed by atoms with Crippen LogP contribution in [0.3, 0.4) is 0 Å². The van der Waals surface area contributed by atoms with Crippen LogP contribution in [0.4, 0.5) is 0 Å². The molecular weight excluding hydrogens is 320 g/mol. The van der Waals surface area contributed by atoms with Gasteiger partial charge in [0.2, 0.25) is 0 Å². The highest BCUT2D eigenvalue weighted by atomic mass is 16.7. The average molecular weight is 344 g/mol. The lowest BCUT2D eigenvalue weighted by Crippen LogP contribution is -2.61. The van der Waals surface area contributed by atoms with Crippen molar-refractivity contribution in [2.45, 2.75) is 55.1 Å². The van der Waals surface area contributed by atoms with Crippen LogP contribution in [-0.4, -0.2) is 121 Å². The maximum atomic E-state index is 9.83. The van der Waals surface area contributed by atoms with Crippen molar-refractivity contribution >= 4 is 0 Å².